The number of ether oxygens (including phenoxy) is 1. The van der Waals surface area contributed by atoms with Gasteiger partial charge in [-0.15, -0.1) is 0 Å². The second-order valence-corrected chi connectivity index (χ2v) is 9.76. The number of benzene rings is 1. The number of aryl methyl sites for hydroxylation is 2. The molecule has 1 spiro atoms. The van der Waals surface area contributed by atoms with Crippen LogP contribution in [-0.2, 0) is 19.2 Å². The summed E-state index contributed by atoms with van der Waals surface area (Å²) in [6.45, 7) is 10.7. The molecule has 0 aromatic heterocycles. The van der Waals surface area contributed by atoms with Gasteiger partial charge in [0, 0.05) is 17.6 Å². The second kappa shape index (κ2) is 7.85. The lowest BCUT2D eigenvalue weighted by Crippen LogP contribution is -2.53. The molecule has 0 radical (unpaired) electrons. The predicted molar refractivity (Wildman–Crippen MR) is 115 cm³/mol. The standard InChI is InChI=1S/C22H29BrN2O4/c1-13-11-14(2)16(23)12-15(13)17-18(29-20(27)21(3,4)5)22(24-19(17)26)7-9-25(28-6)10-8-22/h11-12H,7-10H2,1-6H3,(H,24,26). The molecule has 158 valence electrons. The molecule has 29 heavy (non-hydrogen) atoms. The van der Waals surface area contributed by atoms with E-state index in [2.05, 4.69) is 21.2 Å². The normalized spacial score (nSPS) is 19.6. The Kier molecular flexibility index (Phi) is 5.96. The van der Waals surface area contributed by atoms with Gasteiger partial charge in [0.2, 0.25) is 0 Å². The van der Waals surface area contributed by atoms with Crippen molar-refractivity contribution in [1.82, 2.24) is 10.4 Å². The van der Waals surface area contributed by atoms with E-state index in [0.717, 1.165) is 21.2 Å². The lowest BCUT2D eigenvalue weighted by molar-refractivity contribution is -0.159. The van der Waals surface area contributed by atoms with Crippen molar-refractivity contribution >= 4 is 33.4 Å². The third kappa shape index (κ3) is 4.13. The zero-order valence-corrected chi connectivity index (χ0v) is 19.5. The van der Waals surface area contributed by atoms with Crippen LogP contribution in [0, 0.1) is 19.3 Å². The van der Waals surface area contributed by atoms with Crippen LogP contribution in [0.5, 0.6) is 0 Å². The molecule has 0 atom stereocenters. The fraction of sp³-hybridized carbons (Fsp3) is 0.545. The quantitative estimate of drug-likeness (QED) is 0.687. The average Bonchev–Trinajstić information content (AvgIpc) is 2.89. The monoisotopic (exact) mass is 464 g/mol. The number of halogens is 1. The van der Waals surface area contributed by atoms with Crippen molar-refractivity contribution in [3.05, 3.63) is 39.1 Å². The lowest BCUT2D eigenvalue weighted by atomic mass is 9.85. The van der Waals surface area contributed by atoms with E-state index in [4.69, 9.17) is 9.57 Å². The minimum Gasteiger partial charge on any atom is -0.427 e. The molecular formula is C22H29BrN2O4. The molecule has 3 rings (SSSR count). The van der Waals surface area contributed by atoms with Gasteiger partial charge in [0.1, 0.15) is 11.3 Å². The summed E-state index contributed by atoms with van der Waals surface area (Å²) in [7, 11) is 1.64. The maximum atomic E-state index is 13.2. The van der Waals surface area contributed by atoms with Crippen molar-refractivity contribution < 1.29 is 19.2 Å². The highest BCUT2D eigenvalue weighted by Crippen LogP contribution is 2.43. The summed E-state index contributed by atoms with van der Waals surface area (Å²) in [6, 6.07) is 3.97. The number of amides is 1. The molecule has 1 amide bonds. The van der Waals surface area contributed by atoms with Gasteiger partial charge in [0.25, 0.3) is 5.91 Å². The van der Waals surface area contributed by atoms with Gasteiger partial charge in [-0.3, -0.25) is 9.59 Å². The number of rotatable bonds is 3. The number of carbonyl (C=O) groups excluding carboxylic acids is 2. The van der Waals surface area contributed by atoms with Crippen molar-refractivity contribution in [1.29, 1.82) is 0 Å². The molecule has 7 heteroatoms. The molecular weight excluding hydrogens is 436 g/mol. The molecule has 2 heterocycles. The van der Waals surface area contributed by atoms with Gasteiger partial charge < -0.3 is 14.9 Å². The number of nitrogens with zero attached hydrogens (tertiary/aromatic N) is 1. The molecule has 1 aromatic carbocycles. The minimum atomic E-state index is -0.702. The third-order valence-corrected chi connectivity index (χ3v) is 6.51. The van der Waals surface area contributed by atoms with Gasteiger partial charge in [-0.2, -0.15) is 5.06 Å². The summed E-state index contributed by atoms with van der Waals surface area (Å²) < 4.78 is 6.90. The molecule has 1 aromatic rings. The summed E-state index contributed by atoms with van der Waals surface area (Å²) in [5.74, 6) is -0.109. The zero-order chi connectivity index (χ0) is 21.6. The van der Waals surface area contributed by atoms with E-state index in [1.807, 2.05) is 51.8 Å². The molecule has 1 N–H and O–H groups in total. The number of nitrogens with one attached hydrogen (secondary N) is 1. The molecule has 6 nitrogen and oxygen atoms in total. The van der Waals surface area contributed by atoms with Crippen LogP contribution in [0.15, 0.2) is 22.4 Å². The van der Waals surface area contributed by atoms with Crippen LogP contribution in [0.25, 0.3) is 5.57 Å². The van der Waals surface area contributed by atoms with Crippen molar-refractivity contribution in [2.45, 2.75) is 53.0 Å². The van der Waals surface area contributed by atoms with Gasteiger partial charge >= 0.3 is 5.97 Å². The molecule has 2 aliphatic heterocycles. The maximum absolute atomic E-state index is 13.2. The van der Waals surface area contributed by atoms with Crippen LogP contribution < -0.4 is 5.32 Å². The highest BCUT2D eigenvalue weighted by molar-refractivity contribution is 9.10. The Bertz CT molecular complexity index is 878. The lowest BCUT2D eigenvalue weighted by Gasteiger charge is -2.39. The topological polar surface area (TPSA) is 67.9 Å². The Morgan fingerprint density at radius 3 is 2.34 bits per heavy atom. The van der Waals surface area contributed by atoms with E-state index < -0.39 is 11.0 Å². The van der Waals surface area contributed by atoms with Gasteiger partial charge in [0.15, 0.2) is 0 Å². The summed E-state index contributed by atoms with van der Waals surface area (Å²) in [4.78, 5) is 31.3. The van der Waals surface area contributed by atoms with Gasteiger partial charge in [0.05, 0.1) is 18.1 Å². The average molecular weight is 465 g/mol. The number of piperidine rings is 1. The number of hydroxylamine groups is 2. The predicted octanol–water partition coefficient (Wildman–Crippen LogP) is 3.89. The summed E-state index contributed by atoms with van der Waals surface area (Å²) in [5.41, 5.74) is 1.90. The van der Waals surface area contributed by atoms with Crippen LogP contribution in [0.3, 0.4) is 0 Å². The Hall–Kier alpha value is -1.70. The van der Waals surface area contributed by atoms with E-state index in [-0.39, 0.29) is 11.9 Å². The Morgan fingerprint density at radius 1 is 1.17 bits per heavy atom. The molecule has 0 aliphatic carbocycles. The van der Waals surface area contributed by atoms with Gasteiger partial charge in [-0.1, -0.05) is 22.0 Å². The fourth-order valence-corrected chi connectivity index (χ4v) is 4.16. The maximum Gasteiger partial charge on any atom is 0.316 e. The van der Waals surface area contributed by atoms with E-state index in [0.29, 0.717) is 37.3 Å². The number of hydrogen-bond acceptors (Lipinski definition) is 5. The smallest absolute Gasteiger partial charge is 0.316 e. The van der Waals surface area contributed by atoms with E-state index in [9.17, 15) is 9.59 Å². The number of esters is 1. The van der Waals surface area contributed by atoms with Crippen LogP contribution in [0.2, 0.25) is 0 Å². The first-order chi connectivity index (χ1) is 13.5. The summed E-state index contributed by atoms with van der Waals surface area (Å²) in [5, 5.41) is 5.00. The summed E-state index contributed by atoms with van der Waals surface area (Å²) >= 11 is 3.57. The third-order valence-electron chi connectivity index (χ3n) is 5.66. The van der Waals surface area contributed by atoms with E-state index in [1.54, 1.807) is 7.11 Å². The van der Waals surface area contributed by atoms with Crippen LogP contribution in [0.1, 0.15) is 50.3 Å². The molecule has 2 aliphatic rings. The fourth-order valence-electron chi connectivity index (χ4n) is 3.82. The SMILES string of the molecule is CON1CCC2(CC1)NC(=O)C(c1cc(Br)c(C)cc1C)=C2OC(=O)C(C)(C)C. The van der Waals surface area contributed by atoms with Crippen molar-refractivity contribution in [2.75, 3.05) is 20.2 Å². The Balaban J connectivity index is 2.15. The van der Waals surface area contributed by atoms with Crippen molar-refractivity contribution in [3.8, 4) is 0 Å². The minimum absolute atomic E-state index is 0.202. The molecule has 0 saturated carbocycles. The first kappa shape index (κ1) is 22.0. The van der Waals surface area contributed by atoms with Crippen molar-refractivity contribution in [3.63, 3.8) is 0 Å². The van der Waals surface area contributed by atoms with Crippen LogP contribution >= 0.6 is 15.9 Å². The van der Waals surface area contributed by atoms with Crippen LogP contribution in [0.4, 0.5) is 0 Å². The highest BCUT2D eigenvalue weighted by atomic mass is 79.9. The summed E-state index contributed by atoms with van der Waals surface area (Å²) in [6.07, 6.45) is 1.21. The van der Waals surface area contributed by atoms with Gasteiger partial charge in [-0.05, 0) is 70.2 Å². The van der Waals surface area contributed by atoms with E-state index >= 15 is 0 Å². The molecule has 0 bridgehead atoms. The first-order valence-corrected chi connectivity index (χ1v) is 10.6. The molecule has 0 unspecified atom stereocenters. The van der Waals surface area contributed by atoms with E-state index in [1.165, 1.54) is 0 Å². The second-order valence-electron chi connectivity index (χ2n) is 8.91. The largest absolute Gasteiger partial charge is 0.427 e. The Morgan fingerprint density at radius 2 is 1.79 bits per heavy atom. The van der Waals surface area contributed by atoms with Crippen molar-refractivity contribution in [2.24, 2.45) is 5.41 Å². The Labute approximate surface area is 180 Å². The zero-order valence-electron chi connectivity index (χ0n) is 17.9. The first-order valence-electron chi connectivity index (χ1n) is 9.84. The van der Waals surface area contributed by atoms with Gasteiger partial charge in [-0.25, -0.2) is 0 Å². The highest BCUT2D eigenvalue weighted by Gasteiger charge is 2.50. The molecule has 1 fully saturated rings. The van der Waals surface area contributed by atoms with Crippen LogP contribution in [-0.4, -0.2) is 42.7 Å². The molecule has 1 saturated heterocycles. The number of carbonyl (C=O) groups is 2. The number of hydrogen-bond donors (Lipinski definition) is 1.